The number of urea groups is 1. The summed E-state index contributed by atoms with van der Waals surface area (Å²) in [4.78, 5) is 26.1. The van der Waals surface area contributed by atoms with E-state index in [0.29, 0.717) is 44.2 Å². The van der Waals surface area contributed by atoms with E-state index in [9.17, 15) is 9.59 Å². The maximum absolute atomic E-state index is 12.6. The van der Waals surface area contributed by atoms with Crippen LogP contribution in [0, 0.1) is 0 Å². The van der Waals surface area contributed by atoms with Gasteiger partial charge in [-0.05, 0) is 25.1 Å². The zero-order chi connectivity index (χ0) is 16.7. The van der Waals surface area contributed by atoms with E-state index in [1.807, 2.05) is 6.92 Å². The molecule has 1 aliphatic heterocycles. The second-order valence-electron chi connectivity index (χ2n) is 5.38. The summed E-state index contributed by atoms with van der Waals surface area (Å²) in [5, 5.41) is 5.37. The molecule has 0 bridgehead atoms. The van der Waals surface area contributed by atoms with Crippen molar-refractivity contribution in [2.24, 2.45) is 0 Å². The summed E-state index contributed by atoms with van der Waals surface area (Å²) in [5.74, 6) is -0.0516. The molecule has 0 aliphatic carbocycles. The molecule has 0 spiro atoms. The molecule has 2 rings (SSSR count). The van der Waals surface area contributed by atoms with Crippen molar-refractivity contribution in [2.45, 2.75) is 13.0 Å². The zero-order valence-electron chi connectivity index (χ0n) is 13.5. The van der Waals surface area contributed by atoms with Crippen LogP contribution in [0.2, 0.25) is 0 Å². The Morgan fingerprint density at radius 2 is 2.26 bits per heavy atom. The molecule has 1 aliphatic rings. The van der Waals surface area contributed by atoms with Gasteiger partial charge >= 0.3 is 6.03 Å². The Morgan fingerprint density at radius 3 is 3.00 bits per heavy atom. The van der Waals surface area contributed by atoms with E-state index in [4.69, 9.17) is 9.47 Å². The Kier molecular flexibility index (Phi) is 6.37. The number of carbonyl (C=O) groups is 2. The van der Waals surface area contributed by atoms with Gasteiger partial charge in [-0.2, -0.15) is 0 Å². The Morgan fingerprint density at radius 1 is 1.43 bits per heavy atom. The summed E-state index contributed by atoms with van der Waals surface area (Å²) in [5.41, 5.74) is 1.13. The van der Waals surface area contributed by atoms with E-state index >= 15 is 0 Å². The lowest BCUT2D eigenvalue weighted by molar-refractivity contribution is 0.00360. The van der Waals surface area contributed by atoms with Crippen molar-refractivity contribution in [3.8, 4) is 0 Å². The average molecular weight is 321 g/mol. The molecule has 1 heterocycles. The molecule has 3 amide bonds. The SMILES string of the molecule is COCCNC(=O)Nc1cccc(C(=O)N2CCOCC2C)c1. The minimum atomic E-state index is -0.327. The third-order valence-corrected chi connectivity index (χ3v) is 3.59. The molecule has 7 nitrogen and oxygen atoms in total. The summed E-state index contributed by atoms with van der Waals surface area (Å²) in [6, 6.07) is 6.65. The first-order chi connectivity index (χ1) is 11.1. The number of hydrogen-bond donors (Lipinski definition) is 2. The van der Waals surface area contributed by atoms with Crippen molar-refractivity contribution in [1.29, 1.82) is 0 Å². The van der Waals surface area contributed by atoms with E-state index in [1.54, 1.807) is 36.3 Å². The van der Waals surface area contributed by atoms with Crippen LogP contribution in [0.4, 0.5) is 10.5 Å². The number of nitrogens with one attached hydrogen (secondary N) is 2. The Bertz CT molecular complexity index is 550. The first kappa shape index (κ1) is 17.2. The van der Waals surface area contributed by atoms with E-state index in [2.05, 4.69) is 10.6 Å². The number of hydrogen-bond acceptors (Lipinski definition) is 4. The number of methoxy groups -OCH3 is 1. The predicted molar refractivity (Wildman–Crippen MR) is 86.7 cm³/mol. The number of morpholine rings is 1. The number of nitrogens with zero attached hydrogens (tertiary/aromatic N) is 1. The molecular weight excluding hydrogens is 298 g/mol. The van der Waals surface area contributed by atoms with Gasteiger partial charge in [-0.1, -0.05) is 6.07 Å². The lowest BCUT2D eigenvalue weighted by atomic mass is 10.1. The van der Waals surface area contributed by atoms with Crippen LogP contribution in [0.3, 0.4) is 0 Å². The van der Waals surface area contributed by atoms with Crippen molar-refractivity contribution in [3.63, 3.8) is 0 Å². The molecule has 1 aromatic carbocycles. The van der Waals surface area contributed by atoms with Crippen molar-refractivity contribution < 1.29 is 19.1 Å². The van der Waals surface area contributed by atoms with E-state index in [1.165, 1.54) is 0 Å². The fourth-order valence-electron chi connectivity index (χ4n) is 2.37. The normalized spacial score (nSPS) is 17.7. The molecule has 1 atom stereocenters. The minimum absolute atomic E-state index is 0.0465. The molecule has 1 aromatic rings. The van der Waals surface area contributed by atoms with Gasteiger partial charge in [0.1, 0.15) is 0 Å². The van der Waals surface area contributed by atoms with Crippen LogP contribution in [0.25, 0.3) is 0 Å². The van der Waals surface area contributed by atoms with E-state index in [-0.39, 0.29) is 18.0 Å². The van der Waals surface area contributed by atoms with Crippen LogP contribution in [0.15, 0.2) is 24.3 Å². The first-order valence-electron chi connectivity index (χ1n) is 7.64. The third kappa shape index (κ3) is 4.94. The van der Waals surface area contributed by atoms with Gasteiger partial charge in [0.05, 0.1) is 25.9 Å². The molecule has 1 fully saturated rings. The van der Waals surface area contributed by atoms with Crippen molar-refractivity contribution in [2.75, 3.05) is 45.3 Å². The molecule has 0 radical (unpaired) electrons. The highest BCUT2D eigenvalue weighted by Crippen LogP contribution is 2.16. The second-order valence-corrected chi connectivity index (χ2v) is 5.38. The van der Waals surface area contributed by atoms with Gasteiger partial charge in [-0.15, -0.1) is 0 Å². The standard InChI is InChI=1S/C16H23N3O4/c1-12-11-23-9-7-19(12)15(20)13-4-3-5-14(10-13)18-16(21)17-6-8-22-2/h3-5,10,12H,6-9,11H2,1-2H3,(H2,17,18,21). The van der Waals surface area contributed by atoms with Crippen LogP contribution >= 0.6 is 0 Å². The third-order valence-electron chi connectivity index (χ3n) is 3.59. The fraction of sp³-hybridized carbons (Fsp3) is 0.500. The summed E-state index contributed by atoms with van der Waals surface area (Å²) in [7, 11) is 1.57. The summed E-state index contributed by atoms with van der Waals surface area (Å²) in [6.07, 6.45) is 0. The number of anilines is 1. The monoisotopic (exact) mass is 321 g/mol. The molecular formula is C16H23N3O4. The maximum Gasteiger partial charge on any atom is 0.319 e. The number of ether oxygens (including phenoxy) is 2. The van der Waals surface area contributed by atoms with Crippen LogP contribution in [-0.4, -0.2) is 62.9 Å². The Balaban J connectivity index is 1.98. The maximum atomic E-state index is 12.6. The van der Waals surface area contributed by atoms with Gasteiger partial charge in [0.15, 0.2) is 0 Å². The number of benzene rings is 1. The summed E-state index contributed by atoms with van der Waals surface area (Å²) in [6.45, 7) is 4.51. The molecule has 2 N–H and O–H groups in total. The largest absolute Gasteiger partial charge is 0.383 e. The summed E-state index contributed by atoms with van der Waals surface area (Å²) < 4.78 is 10.2. The lowest BCUT2D eigenvalue weighted by Gasteiger charge is -2.33. The van der Waals surface area contributed by atoms with Gasteiger partial charge in [0, 0.05) is 31.5 Å². The second kappa shape index (κ2) is 8.50. The van der Waals surface area contributed by atoms with E-state index in [0.717, 1.165) is 0 Å². The van der Waals surface area contributed by atoms with Gasteiger partial charge in [0.25, 0.3) is 5.91 Å². The minimum Gasteiger partial charge on any atom is -0.383 e. The lowest BCUT2D eigenvalue weighted by Crippen LogP contribution is -2.47. The zero-order valence-corrected chi connectivity index (χ0v) is 13.5. The van der Waals surface area contributed by atoms with Crippen LogP contribution < -0.4 is 10.6 Å². The van der Waals surface area contributed by atoms with Gasteiger partial charge in [-0.3, -0.25) is 4.79 Å². The van der Waals surface area contributed by atoms with Crippen LogP contribution in [-0.2, 0) is 9.47 Å². The van der Waals surface area contributed by atoms with Crippen LogP contribution in [0.1, 0.15) is 17.3 Å². The molecule has 1 saturated heterocycles. The Hall–Kier alpha value is -2.12. The molecule has 23 heavy (non-hydrogen) atoms. The molecule has 1 unspecified atom stereocenters. The van der Waals surface area contributed by atoms with Gasteiger partial charge in [0.2, 0.25) is 0 Å². The average Bonchev–Trinajstić information content (AvgIpc) is 2.55. The topological polar surface area (TPSA) is 79.9 Å². The van der Waals surface area contributed by atoms with Gasteiger partial charge in [-0.25, -0.2) is 4.79 Å². The highest BCUT2D eigenvalue weighted by atomic mass is 16.5. The molecule has 0 saturated carbocycles. The molecule has 0 aromatic heterocycles. The van der Waals surface area contributed by atoms with Crippen LogP contribution in [0.5, 0.6) is 0 Å². The quantitative estimate of drug-likeness (QED) is 0.802. The molecule has 7 heteroatoms. The summed E-state index contributed by atoms with van der Waals surface area (Å²) >= 11 is 0. The fourth-order valence-corrected chi connectivity index (χ4v) is 2.37. The van der Waals surface area contributed by atoms with E-state index < -0.39 is 0 Å². The van der Waals surface area contributed by atoms with Crippen molar-refractivity contribution in [3.05, 3.63) is 29.8 Å². The Labute approximate surface area is 135 Å². The van der Waals surface area contributed by atoms with Gasteiger partial charge < -0.3 is 25.0 Å². The number of amides is 3. The smallest absolute Gasteiger partial charge is 0.319 e. The number of carbonyl (C=O) groups excluding carboxylic acids is 2. The van der Waals surface area contributed by atoms with Crippen molar-refractivity contribution in [1.82, 2.24) is 10.2 Å². The number of rotatable bonds is 5. The highest BCUT2D eigenvalue weighted by Gasteiger charge is 2.24. The highest BCUT2D eigenvalue weighted by molar-refractivity contribution is 5.97. The predicted octanol–water partition coefficient (Wildman–Crippen LogP) is 1.32. The molecule has 126 valence electrons. The first-order valence-corrected chi connectivity index (χ1v) is 7.64. The van der Waals surface area contributed by atoms with Crippen molar-refractivity contribution >= 4 is 17.6 Å².